The molecule has 1 amide bonds. The van der Waals surface area contributed by atoms with E-state index in [-0.39, 0.29) is 17.7 Å². The molecule has 0 saturated carbocycles. The van der Waals surface area contributed by atoms with E-state index in [1.807, 2.05) is 25.1 Å². The Morgan fingerprint density at radius 1 is 1.29 bits per heavy atom. The molecule has 5 nitrogen and oxygen atoms in total. The van der Waals surface area contributed by atoms with Gasteiger partial charge in [-0.3, -0.25) is 9.59 Å². The second-order valence-electron chi connectivity index (χ2n) is 6.73. The minimum atomic E-state index is -0.834. The van der Waals surface area contributed by atoms with Gasteiger partial charge < -0.3 is 10.4 Å². The van der Waals surface area contributed by atoms with Gasteiger partial charge in [0.15, 0.2) is 0 Å². The maximum absolute atomic E-state index is 12.5. The number of anilines is 1. The summed E-state index contributed by atoms with van der Waals surface area (Å²) >= 11 is 1.41. The smallest absolute Gasteiger partial charge is 0.303 e. The Bertz CT molecular complexity index is 760. The third kappa shape index (κ3) is 4.64. The zero-order chi connectivity index (χ0) is 17.9. The number of hydrogen-bond acceptors (Lipinski definition) is 4. The number of carboxylic acid groups (broad SMARTS) is 1. The first kappa shape index (κ1) is 18.1. The first-order chi connectivity index (χ1) is 11.2. The summed E-state index contributed by atoms with van der Waals surface area (Å²) in [5, 5.41) is 12.6. The molecule has 0 aliphatic carbocycles. The van der Waals surface area contributed by atoms with Gasteiger partial charge in [-0.2, -0.15) is 0 Å². The van der Waals surface area contributed by atoms with Gasteiger partial charge in [-0.25, -0.2) is 4.98 Å². The second kappa shape index (κ2) is 7.13. The molecule has 0 bridgehead atoms. The van der Waals surface area contributed by atoms with E-state index in [1.54, 1.807) is 6.07 Å². The zero-order valence-corrected chi connectivity index (χ0v) is 15.2. The summed E-state index contributed by atoms with van der Waals surface area (Å²) in [4.78, 5) is 28.3. The molecule has 0 fully saturated rings. The fourth-order valence-electron chi connectivity index (χ4n) is 2.17. The van der Waals surface area contributed by atoms with Gasteiger partial charge in [0.2, 0.25) is 0 Å². The Morgan fingerprint density at radius 2 is 2.00 bits per heavy atom. The number of carboxylic acids is 1. The molecule has 128 valence electrons. The predicted octanol–water partition coefficient (Wildman–Crippen LogP) is 4.02. The fourth-order valence-corrected chi connectivity index (χ4v) is 3.19. The SMILES string of the molecule is Cc1nc(C(C)(C)C)sc1C(=O)Nc1cccc(CCC(=O)O)c1. The molecular formula is C18H22N2O3S. The van der Waals surface area contributed by atoms with Gasteiger partial charge in [-0.05, 0) is 31.0 Å². The molecule has 0 unspecified atom stereocenters. The van der Waals surface area contributed by atoms with E-state index < -0.39 is 5.97 Å². The number of carbonyl (C=O) groups is 2. The van der Waals surface area contributed by atoms with Gasteiger partial charge >= 0.3 is 5.97 Å². The van der Waals surface area contributed by atoms with Crippen LogP contribution in [-0.4, -0.2) is 22.0 Å². The first-order valence-electron chi connectivity index (χ1n) is 7.77. The fraction of sp³-hybridized carbons (Fsp3) is 0.389. The summed E-state index contributed by atoms with van der Waals surface area (Å²) in [7, 11) is 0. The van der Waals surface area contributed by atoms with Gasteiger partial charge in [-0.15, -0.1) is 11.3 Å². The van der Waals surface area contributed by atoms with E-state index in [9.17, 15) is 9.59 Å². The molecule has 1 aromatic heterocycles. The summed E-state index contributed by atoms with van der Waals surface area (Å²) in [5.74, 6) is -1.02. The van der Waals surface area contributed by atoms with Crippen molar-refractivity contribution in [3.63, 3.8) is 0 Å². The number of carbonyl (C=O) groups excluding carboxylic acids is 1. The highest BCUT2D eigenvalue weighted by molar-refractivity contribution is 7.14. The molecule has 0 atom stereocenters. The van der Waals surface area contributed by atoms with Crippen LogP contribution in [0.15, 0.2) is 24.3 Å². The highest BCUT2D eigenvalue weighted by Gasteiger charge is 2.23. The van der Waals surface area contributed by atoms with Crippen LogP contribution in [0.2, 0.25) is 0 Å². The third-order valence-electron chi connectivity index (χ3n) is 3.46. The van der Waals surface area contributed by atoms with Gasteiger partial charge in [-0.1, -0.05) is 32.9 Å². The third-order valence-corrected chi connectivity index (χ3v) is 5.04. The Labute approximate surface area is 145 Å². The van der Waals surface area contributed by atoms with Crippen LogP contribution in [0.25, 0.3) is 0 Å². The van der Waals surface area contributed by atoms with E-state index >= 15 is 0 Å². The van der Waals surface area contributed by atoms with Crippen molar-refractivity contribution < 1.29 is 14.7 Å². The van der Waals surface area contributed by atoms with E-state index in [0.717, 1.165) is 16.3 Å². The lowest BCUT2D eigenvalue weighted by Crippen LogP contribution is -2.11. The van der Waals surface area contributed by atoms with Crippen LogP contribution in [0, 0.1) is 6.92 Å². The lowest BCUT2D eigenvalue weighted by Gasteiger charge is -2.13. The number of thiazole rings is 1. The minimum absolute atomic E-state index is 0.0697. The van der Waals surface area contributed by atoms with Gasteiger partial charge in [0, 0.05) is 17.5 Å². The Balaban J connectivity index is 2.14. The van der Waals surface area contributed by atoms with Crippen molar-refractivity contribution in [1.82, 2.24) is 4.98 Å². The van der Waals surface area contributed by atoms with Crippen molar-refractivity contribution in [3.05, 3.63) is 45.4 Å². The average Bonchev–Trinajstić information content (AvgIpc) is 2.88. The molecule has 0 radical (unpaired) electrons. The minimum Gasteiger partial charge on any atom is -0.481 e. The predicted molar refractivity (Wildman–Crippen MR) is 95.9 cm³/mol. The van der Waals surface area contributed by atoms with Gasteiger partial charge in [0.1, 0.15) is 4.88 Å². The molecule has 0 saturated heterocycles. The monoisotopic (exact) mass is 346 g/mol. The summed E-state index contributed by atoms with van der Waals surface area (Å²) in [6.45, 7) is 8.04. The normalized spacial score (nSPS) is 11.3. The highest BCUT2D eigenvalue weighted by atomic mass is 32.1. The van der Waals surface area contributed by atoms with Crippen LogP contribution in [0.1, 0.15) is 53.1 Å². The van der Waals surface area contributed by atoms with Crippen LogP contribution in [0.4, 0.5) is 5.69 Å². The largest absolute Gasteiger partial charge is 0.481 e. The van der Waals surface area contributed by atoms with Gasteiger partial charge in [0.25, 0.3) is 5.91 Å². The molecule has 1 heterocycles. The van der Waals surface area contributed by atoms with E-state index in [1.165, 1.54) is 11.3 Å². The molecule has 2 aromatic rings. The standard InChI is InChI=1S/C18H22N2O3S/c1-11-15(24-17(19-11)18(2,3)4)16(23)20-13-7-5-6-12(10-13)8-9-14(21)22/h5-7,10H,8-9H2,1-4H3,(H,20,23)(H,21,22). The molecule has 2 rings (SSSR count). The van der Waals surface area contributed by atoms with Crippen molar-refractivity contribution >= 4 is 28.9 Å². The highest BCUT2D eigenvalue weighted by Crippen LogP contribution is 2.29. The van der Waals surface area contributed by atoms with Crippen LogP contribution in [0.5, 0.6) is 0 Å². The Kier molecular flexibility index (Phi) is 5.39. The van der Waals surface area contributed by atoms with Crippen LogP contribution in [-0.2, 0) is 16.6 Å². The summed E-state index contributed by atoms with van der Waals surface area (Å²) in [6.07, 6.45) is 0.507. The number of aromatic nitrogens is 1. The summed E-state index contributed by atoms with van der Waals surface area (Å²) in [6, 6.07) is 7.27. The van der Waals surface area contributed by atoms with Crippen molar-refractivity contribution in [2.45, 2.75) is 46.0 Å². The molecule has 2 N–H and O–H groups in total. The van der Waals surface area contributed by atoms with E-state index in [2.05, 4.69) is 31.1 Å². The van der Waals surface area contributed by atoms with Crippen molar-refractivity contribution in [2.24, 2.45) is 0 Å². The zero-order valence-electron chi connectivity index (χ0n) is 14.3. The number of rotatable bonds is 5. The van der Waals surface area contributed by atoms with Crippen LogP contribution < -0.4 is 5.32 Å². The quantitative estimate of drug-likeness (QED) is 0.857. The average molecular weight is 346 g/mol. The summed E-state index contributed by atoms with van der Waals surface area (Å²) in [5.41, 5.74) is 2.18. The molecule has 24 heavy (non-hydrogen) atoms. The maximum Gasteiger partial charge on any atom is 0.303 e. The number of nitrogens with zero attached hydrogens (tertiary/aromatic N) is 1. The molecular weight excluding hydrogens is 324 g/mol. The van der Waals surface area contributed by atoms with E-state index in [4.69, 9.17) is 5.11 Å². The number of aryl methyl sites for hydroxylation is 2. The lowest BCUT2D eigenvalue weighted by atomic mass is 9.98. The number of benzene rings is 1. The molecule has 0 aliphatic rings. The van der Waals surface area contributed by atoms with E-state index in [0.29, 0.717) is 17.0 Å². The Morgan fingerprint density at radius 3 is 2.58 bits per heavy atom. The maximum atomic E-state index is 12.5. The number of hydrogen-bond donors (Lipinski definition) is 2. The molecule has 6 heteroatoms. The van der Waals surface area contributed by atoms with Crippen molar-refractivity contribution in [1.29, 1.82) is 0 Å². The second-order valence-corrected chi connectivity index (χ2v) is 7.73. The van der Waals surface area contributed by atoms with Crippen LogP contribution in [0.3, 0.4) is 0 Å². The van der Waals surface area contributed by atoms with Gasteiger partial charge in [0.05, 0.1) is 10.7 Å². The number of amides is 1. The van der Waals surface area contributed by atoms with Crippen LogP contribution >= 0.6 is 11.3 Å². The number of nitrogens with one attached hydrogen (secondary N) is 1. The van der Waals surface area contributed by atoms with Crippen molar-refractivity contribution in [3.8, 4) is 0 Å². The number of aliphatic carboxylic acids is 1. The molecule has 1 aromatic carbocycles. The lowest BCUT2D eigenvalue weighted by molar-refractivity contribution is -0.136. The Hall–Kier alpha value is -2.21. The first-order valence-corrected chi connectivity index (χ1v) is 8.58. The molecule has 0 aliphatic heterocycles. The molecule has 0 spiro atoms. The topological polar surface area (TPSA) is 79.3 Å². The van der Waals surface area contributed by atoms with Crippen molar-refractivity contribution in [2.75, 3.05) is 5.32 Å². The summed E-state index contributed by atoms with van der Waals surface area (Å²) < 4.78 is 0.